The lowest BCUT2D eigenvalue weighted by Gasteiger charge is -2.15. The van der Waals surface area contributed by atoms with Crippen LogP contribution in [0.5, 0.6) is 0 Å². The molecule has 0 aliphatic carbocycles. The summed E-state index contributed by atoms with van der Waals surface area (Å²) in [6.07, 6.45) is 2.42. The number of benzene rings is 1. The Morgan fingerprint density at radius 3 is 2.48 bits per heavy atom. The third-order valence-corrected chi connectivity index (χ3v) is 3.07. The minimum absolute atomic E-state index is 0.101. The van der Waals surface area contributed by atoms with Crippen LogP contribution in [0.2, 0.25) is 0 Å². The summed E-state index contributed by atoms with van der Waals surface area (Å²) in [5.74, 6) is -1.18. The standard InChI is InChI=1S/C15H16N2O4/c1-2-10-3-5-11(6-4-10)13(18)9-21-15(20)12-7-8-14(19)17-16-12/h3-7,16H,2,8-9H2,1H3,(H,17,19). The van der Waals surface area contributed by atoms with Crippen LogP contribution in [0.15, 0.2) is 36.0 Å². The third-order valence-electron chi connectivity index (χ3n) is 3.07. The van der Waals surface area contributed by atoms with Gasteiger partial charge in [-0.25, -0.2) is 4.79 Å². The van der Waals surface area contributed by atoms with Crippen LogP contribution in [0.25, 0.3) is 0 Å². The van der Waals surface area contributed by atoms with E-state index in [1.807, 2.05) is 19.1 Å². The van der Waals surface area contributed by atoms with Crippen molar-refractivity contribution in [1.29, 1.82) is 0 Å². The van der Waals surface area contributed by atoms with Gasteiger partial charge in [-0.2, -0.15) is 0 Å². The number of aryl methyl sites for hydroxylation is 1. The molecule has 1 aromatic rings. The molecule has 0 unspecified atom stereocenters. The van der Waals surface area contributed by atoms with Gasteiger partial charge in [-0.1, -0.05) is 31.2 Å². The quantitative estimate of drug-likeness (QED) is 0.621. The molecule has 1 amide bonds. The zero-order valence-electron chi connectivity index (χ0n) is 11.6. The Balaban J connectivity index is 1.88. The van der Waals surface area contributed by atoms with Gasteiger partial charge in [0.05, 0.1) is 0 Å². The SMILES string of the molecule is CCc1ccc(C(=O)COC(=O)C2=CCC(=O)NN2)cc1. The van der Waals surface area contributed by atoms with Gasteiger partial charge in [-0.15, -0.1) is 0 Å². The first kappa shape index (κ1) is 14.8. The molecule has 2 N–H and O–H groups in total. The normalized spacial score (nSPS) is 13.8. The van der Waals surface area contributed by atoms with E-state index in [1.54, 1.807) is 12.1 Å². The third kappa shape index (κ3) is 3.92. The van der Waals surface area contributed by atoms with Crippen LogP contribution in [0.1, 0.15) is 29.3 Å². The molecule has 21 heavy (non-hydrogen) atoms. The molecule has 1 heterocycles. The lowest BCUT2D eigenvalue weighted by molar-refractivity contribution is -0.138. The smallest absolute Gasteiger partial charge is 0.356 e. The first-order valence-corrected chi connectivity index (χ1v) is 6.64. The number of carbonyl (C=O) groups excluding carboxylic acids is 3. The maximum Gasteiger partial charge on any atom is 0.356 e. The van der Waals surface area contributed by atoms with Crippen LogP contribution in [0.3, 0.4) is 0 Å². The molecule has 2 rings (SSSR count). The van der Waals surface area contributed by atoms with E-state index in [2.05, 4.69) is 10.9 Å². The van der Waals surface area contributed by atoms with Crippen LogP contribution < -0.4 is 10.9 Å². The van der Waals surface area contributed by atoms with Gasteiger partial charge in [0.2, 0.25) is 5.91 Å². The summed E-state index contributed by atoms with van der Waals surface area (Å²) >= 11 is 0. The Kier molecular flexibility index (Phi) is 4.71. The maximum absolute atomic E-state index is 11.9. The van der Waals surface area contributed by atoms with Gasteiger partial charge in [0.15, 0.2) is 12.4 Å². The second kappa shape index (κ2) is 6.69. The van der Waals surface area contributed by atoms with Crippen LogP contribution in [-0.4, -0.2) is 24.3 Å². The molecule has 0 aromatic heterocycles. The first-order chi connectivity index (χ1) is 10.1. The van der Waals surface area contributed by atoms with Crippen molar-refractivity contribution in [3.05, 3.63) is 47.2 Å². The van der Waals surface area contributed by atoms with Gasteiger partial charge >= 0.3 is 5.97 Å². The second-order valence-corrected chi connectivity index (χ2v) is 4.54. The fraction of sp³-hybridized carbons (Fsp3) is 0.267. The number of ether oxygens (including phenoxy) is 1. The van der Waals surface area contributed by atoms with E-state index in [-0.39, 0.29) is 30.4 Å². The van der Waals surface area contributed by atoms with Crippen molar-refractivity contribution in [2.24, 2.45) is 0 Å². The summed E-state index contributed by atoms with van der Waals surface area (Å²) in [5.41, 5.74) is 6.49. The van der Waals surface area contributed by atoms with Crippen molar-refractivity contribution in [2.75, 3.05) is 6.61 Å². The molecule has 0 radical (unpaired) electrons. The van der Waals surface area contributed by atoms with Crippen molar-refractivity contribution >= 4 is 17.7 Å². The van der Waals surface area contributed by atoms with Crippen LogP contribution in [0, 0.1) is 0 Å². The van der Waals surface area contributed by atoms with E-state index >= 15 is 0 Å². The maximum atomic E-state index is 11.9. The van der Waals surface area contributed by atoms with Gasteiger partial charge in [0.25, 0.3) is 0 Å². The molecule has 110 valence electrons. The highest BCUT2D eigenvalue weighted by molar-refractivity contribution is 5.99. The van der Waals surface area contributed by atoms with Crippen molar-refractivity contribution in [3.8, 4) is 0 Å². The molecule has 0 fully saturated rings. The molecule has 1 aromatic carbocycles. The Morgan fingerprint density at radius 2 is 1.90 bits per heavy atom. The molecule has 1 aliphatic heterocycles. The van der Waals surface area contributed by atoms with Crippen LogP contribution >= 0.6 is 0 Å². The summed E-state index contributed by atoms with van der Waals surface area (Å²) in [5, 5.41) is 0. The van der Waals surface area contributed by atoms with Crippen LogP contribution in [0.4, 0.5) is 0 Å². The Morgan fingerprint density at radius 1 is 1.19 bits per heavy atom. The second-order valence-electron chi connectivity index (χ2n) is 4.54. The lowest BCUT2D eigenvalue weighted by atomic mass is 10.1. The molecule has 0 spiro atoms. The number of Topliss-reactive ketones (excluding diaryl/α,β-unsaturated/α-hetero) is 1. The van der Waals surface area contributed by atoms with Gasteiger partial charge in [0.1, 0.15) is 5.70 Å². The summed E-state index contributed by atoms with van der Waals surface area (Å²) in [4.78, 5) is 34.5. The molecule has 6 heteroatoms. The highest BCUT2D eigenvalue weighted by Gasteiger charge is 2.18. The number of rotatable bonds is 5. The van der Waals surface area contributed by atoms with E-state index in [9.17, 15) is 14.4 Å². The topological polar surface area (TPSA) is 84.5 Å². The average molecular weight is 288 g/mol. The van der Waals surface area contributed by atoms with Gasteiger partial charge in [0, 0.05) is 12.0 Å². The highest BCUT2D eigenvalue weighted by atomic mass is 16.5. The van der Waals surface area contributed by atoms with Crippen LogP contribution in [-0.2, 0) is 20.7 Å². The van der Waals surface area contributed by atoms with E-state index in [0.29, 0.717) is 5.56 Å². The van der Waals surface area contributed by atoms with Crippen molar-refractivity contribution in [2.45, 2.75) is 19.8 Å². The Hall–Kier alpha value is -2.63. The first-order valence-electron chi connectivity index (χ1n) is 6.64. The number of hydrogen-bond donors (Lipinski definition) is 2. The highest BCUT2D eigenvalue weighted by Crippen LogP contribution is 2.07. The van der Waals surface area contributed by atoms with E-state index < -0.39 is 5.97 Å². The van der Waals surface area contributed by atoms with Gasteiger partial charge in [-0.05, 0) is 18.1 Å². The zero-order chi connectivity index (χ0) is 15.2. The fourth-order valence-electron chi connectivity index (χ4n) is 1.79. The molecule has 0 bridgehead atoms. The summed E-state index contributed by atoms with van der Waals surface area (Å²) < 4.78 is 4.92. The number of amides is 1. The van der Waals surface area contributed by atoms with Gasteiger partial charge in [-0.3, -0.25) is 20.4 Å². The molecule has 6 nitrogen and oxygen atoms in total. The zero-order valence-corrected chi connectivity index (χ0v) is 11.6. The predicted octanol–water partition coefficient (Wildman–Crippen LogP) is 0.883. The number of hydrazine groups is 1. The average Bonchev–Trinajstić information content (AvgIpc) is 2.53. The van der Waals surface area contributed by atoms with Gasteiger partial charge < -0.3 is 4.74 Å². The monoisotopic (exact) mass is 288 g/mol. The predicted molar refractivity (Wildman–Crippen MR) is 75.1 cm³/mol. The van der Waals surface area contributed by atoms with Crippen molar-refractivity contribution < 1.29 is 19.1 Å². The largest absolute Gasteiger partial charge is 0.453 e. The minimum Gasteiger partial charge on any atom is -0.453 e. The molecule has 0 saturated carbocycles. The van der Waals surface area contributed by atoms with E-state index in [4.69, 9.17) is 4.74 Å². The lowest BCUT2D eigenvalue weighted by Crippen LogP contribution is -2.42. The fourth-order valence-corrected chi connectivity index (χ4v) is 1.79. The summed E-state index contributed by atoms with van der Waals surface area (Å²) in [6, 6.07) is 7.17. The number of ketones is 1. The Labute approximate surface area is 122 Å². The number of esters is 1. The number of nitrogens with one attached hydrogen (secondary N) is 2. The molecule has 0 atom stereocenters. The Bertz CT molecular complexity index is 590. The molecular formula is C15H16N2O4. The molecular weight excluding hydrogens is 272 g/mol. The van der Waals surface area contributed by atoms with Crippen molar-refractivity contribution in [1.82, 2.24) is 10.9 Å². The minimum atomic E-state index is -0.673. The molecule has 0 saturated heterocycles. The number of hydrogen-bond acceptors (Lipinski definition) is 5. The summed E-state index contributed by atoms with van der Waals surface area (Å²) in [6.45, 7) is 1.69. The van der Waals surface area contributed by atoms with Crippen molar-refractivity contribution in [3.63, 3.8) is 0 Å². The number of carbonyl (C=O) groups is 3. The van der Waals surface area contributed by atoms with E-state index in [1.165, 1.54) is 6.08 Å². The summed E-state index contributed by atoms with van der Waals surface area (Å²) in [7, 11) is 0. The van der Waals surface area contributed by atoms with E-state index in [0.717, 1.165) is 12.0 Å². The molecule has 1 aliphatic rings.